The standard InChI is InChI=1S/C17H27N3O/c1-14-6-4-5-7-17(14)15(2)18-8-9-19-10-12-20(13-11-19)16(3)21/h4-7,15,18H,8-13H2,1-3H3/t15-/m0/s1. The largest absolute Gasteiger partial charge is 0.340 e. The van der Waals surface area contributed by atoms with Gasteiger partial charge in [0.2, 0.25) is 5.91 Å². The van der Waals surface area contributed by atoms with Crippen molar-refractivity contribution in [2.24, 2.45) is 0 Å². The summed E-state index contributed by atoms with van der Waals surface area (Å²) in [5.74, 6) is 0.195. The molecule has 4 nitrogen and oxygen atoms in total. The van der Waals surface area contributed by atoms with Gasteiger partial charge in [-0.15, -0.1) is 0 Å². The molecular weight excluding hydrogens is 262 g/mol. The van der Waals surface area contributed by atoms with E-state index < -0.39 is 0 Å². The molecule has 0 saturated carbocycles. The quantitative estimate of drug-likeness (QED) is 0.898. The second-order valence-electron chi connectivity index (χ2n) is 5.88. The Balaban J connectivity index is 1.71. The normalized spacial score (nSPS) is 17.8. The zero-order chi connectivity index (χ0) is 15.2. The molecule has 1 N–H and O–H groups in total. The second-order valence-corrected chi connectivity index (χ2v) is 5.88. The average Bonchev–Trinajstić information content (AvgIpc) is 2.48. The fraction of sp³-hybridized carbons (Fsp3) is 0.588. The van der Waals surface area contributed by atoms with Crippen molar-refractivity contribution < 1.29 is 4.79 Å². The van der Waals surface area contributed by atoms with E-state index in [2.05, 4.69) is 48.3 Å². The Morgan fingerprint density at radius 2 is 1.90 bits per heavy atom. The number of hydrogen-bond acceptors (Lipinski definition) is 3. The summed E-state index contributed by atoms with van der Waals surface area (Å²) in [6.07, 6.45) is 0. The summed E-state index contributed by atoms with van der Waals surface area (Å²) in [7, 11) is 0. The lowest BCUT2D eigenvalue weighted by Gasteiger charge is -2.34. The number of hydrogen-bond donors (Lipinski definition) is 1. The monoisotopic (exact) mass is 289 g/mol. The number of piperazine rings is 1. The molecule has 0 spiro atoms. The minimum atomic E-state index is 0.195. The molecule has 1 aromatic rings. The zero-order valence-corrected chi connectivity index (χ0v) is 13.4. The van der Waals surface area contributed by atoms with E-state index in [4.69, 9.17) is 0 Å². The van der Waals surface area contributed by atoms with E-state index in [1.54, 1.807) is 6.92 Å². The number of aryl methyl sites for hydroxylation is 1. The summed E-state index contributed by atoms with van der Waals surface area (Å²) in [5, 5.41) is 3.60. The van der Waals surface area contributed by atoms with E-state index in [1.807, 2.05) is 4.90 Å². The molecule has 0 aliphatic carbocycles. The van der Waals surface area contributed by atoms with Crippen molar-refractivity contribution >= 4 is 5.91 Å². The molecule has 1 fully saturated rings. The zero-order valence-electron chi connectivity index (χ0n) is 13.4. The maximum Gasteiger partial charge on any atom is 0.219 e. The van der Waals surface area contributed by atoms with Crippen LogP contribution in [0.3, 0.4) is 0 Å². The first-order valence-electron chi connectivity index (χ1n) is 7.84. The van der Waals surface area contributed by atoms with Crippen LogP contribution in [0.15, 0.2) is 24.3 Å². The van der Waals surface area contributed by atoms with Crippen LogP contribution in [-0.2, 0) is 4.79 Å². The lowest BCUT2D eigenvalue weighted by atomic mass is 10.0. The number of carbonyl (C=O) groups is 1. The van der Waals surface area contributed by atoms with Gasteiger partial charge in [0.1, 0.15) is 0 Å². The van der Waals surface area contributed by atoms with Crippen molar-refractivity contribution in [3.63, 3.8) is 0 Å². The van der Waals surface area contributed by atoms with Crippen LogP contribution in [0.5, 0.6) is 0 Å². The molecule has 1 saturated heterocycles. The van der Waals surface area contributed by atoms with Crippen LogP contribution in [0.4, 0.5) is 0 Å². The van der Waals surface area contributed by atoms with Gasteiger partial charge in [-0.05, 0) is 25.0 Å². The van der Waals surface area contributed by atoms with E-state index in [-0.39, 0.29) is 5.91 Å². The van der Waals surface area contributed by atoms with Gasteiger partial charge in [0.05, 0.1) is 0 Å². The average molecular weight is 289 g/mol. The van der Waals surface area contributed by atoms with E-state index in [1.165, 1.54) is 11.1 Å². The predicted molar refractivity (Wildman–Crippen MR) is 86.3 cm³/mol. The minimum Gasteiger partial charge on any atom is -0.340 e. The number of rotatable bonds is 5. The van der Waals surface area contributed by atoms with Crippen LogP contribution in [0.25, 0.3) is 0 Å². The Morgan fingerprint density at radius 3 is 2.52 bits per heavy atom. The van der Waals surface area contributed by atoms with Crippen molar-refractivity contribution in [3.8, 4) is 0 Å². The predicted octanol–water partition coefficient (Wildman–Crippen LogP) is 1.81. The van der Waals surface area contributed by atoms with Crippen LogP contribution in [0.1, 0.15) is 31.0 Å². The van der Waals surface area contributed by atoms with E-state index in [9.17, 15) is 4.79 Å². The van der Waals surface area contributed by atoms with Gasteiger partial charge in [-0.3, -0.25) is 9.69 Å². The smallest absolute Gasteiger partial charge is 0.219 e. The Labute approximate surface area is 128 Å². The van der Waals surface area contributed by atoms with Crippen molar-refractivity contribution in [2.75, 3.05) is 39.3 Å². The molecule has 1 aliphatic heterocycles. The molecule has 1 amide bonds. The number of nitrogens with zero attached hydrogens (tertiary/aromatic N) is 2. The van der Waals surface area contributed by atoms with Gasteiger partial charge in [0, 0.05) is 52.2 Å². The highest BCUT2D eigenvalue weighted by molar-refractivity contribution is 5.73. The topological polar surface area (TPSA) is 35.6 Å². The molecule has 0 radical (unpaired) electrons. The molecule has 116 valence electrons. The van der Waals surface area contributed by atoms with Gasteiger partial charge in [-0.2, -0.15) is 0 Å². The van der Waals surface area contributed by atoms with E-state index >= 15 is 0 Å². The van der Waals surface area contributed by atoms with Crippen LogP contribution in [-0.4, -0.2) is 55.0 Å². The highest BCUT2D eigenvalue weighted by Crippen LogP contribution is 2.16. The molecule has 1 atom stereocenters. The first-order valence-corrected chi connectivity index (χ1v) is 7.84. The minimum absolute atomic E-state index is 0.195. The fourth-order valence-corrected chi connectivity index (χ4v) is 2.91. The first-order chi connectivity index (χ1) is 10.1. The fourth-order valence-electron chi connectivity index (χ4n) is 2.91. The van der Waals surface area contributed by atoms with E-state index in [0.717, 1.165) is 39.3 Å². The van der Waals surface area contributed by atoms with Gasteiger partial charge in [0.25, 0.3) is 0 Å². The Morgan fingerprint density at radius 1 is 1.24 bits per heavy atom. The van der Waals surface area contributed by atoms with Gasteiger partial charge in [0.15, 0.2) is 0 Å². The summed E-state index contributed by atoms with van der Waals surface area (Å²) in [4.78, 5) is 15.7. The molecule has 1 aliphatic rings. The Kier molecular flexibility index (Phi) is 5.76. The van der Waals surface area contributed by atoms with Crippen molar-refractivity contribution in [2.45, 2.75) is 26.8 Å². The summed E-state index contributed by atoms with van der Waals surface area (Å²) in [5.41, 5.74) is 2.71. The van der Waals surface area contributed by atoms with Gasteiger partial charge >= 0.3 is 0 Å². The third-order valence-corrected chi connectivity index (χ3v) is 4.35. The maximum absolute atomic E-state index is 11.3. The van der Waals surface area contributed by atoms with Gasteiger partial charge in [-0.25, -0.2) is 0 Å². The van der Waals surface area contributed by atoms with Crippen molar-refractivity contribution in [1.29, 1.82) is 0 Å². The van der Waals surface area contributed by atoms with Crippen LogP contribution < -0.4 is 5.32 Å². The SMILES string of the molecule is CC(=O)N1CCN(CCN[C@@H](C)c2ccccc2C)CC1. The van der Waals surface area contributed by atoms with Crippen molar-refractivity contribution in [1.82, 2.24) is 15.1 Å². The van der Waals surface area contributed by atoms with Gasteiger partial charge in [-0.1, -0.05) is 24.3 Å². The molecule has 0 unspecified atom stereocenters. The molecular formula is C17H27N3O. The van der Waals surface area contributed by atoms with Gasteiger partial charge < -0.3 is 10.2 Å². The lowest BCUT2D eigenvalue weighted by molar-refractivity contribution is -0.130. The Hall–Kier alpha value is -1.39. The second kappa shape index (κ2) is 7.57. The molecule has 1 heterocycles. The summed E-state index contributed by atoms with van der Waals surface area (Å²) in [6, 6.07) is 8.92. The van der Waals surface area contributed by atoms with Crippen LogP contribution in [0, 0.1) is 6.92 Å². The molecule has 0 bridgehead atoms. The van der Waals surface area contributed by atoms with Crippen LogP contribution in [0.2, 0.25) is 0 Å². The molecule has 0 aromatic heterocycles. The summed E-state index contributed by atoms with van der Waals surface area (Å²) >= 11 is 0. The maximum atomic E-state index is 11.3. The highest BCUT2D eigenvalue weighted by Gasteiger charge is 2.18. The third kappa shape index (κ3) is 4.55. The first kappa shape index (κ1) is 16.0. The van der Waals surface area contributed by atoms with Crippen molar-refractivity contribution in [3.05, 3.63) is 35.4 Å². The number of amides is 1. The van der Waals surface area contributed by atoms with E-state index in [0.29, 0.717) is 6.04 Å². The molecule has 2 rings (SSSR count). The molecule has 4 heteroatoms. The van der Waals surface area contributed by atoms with Crippen LogP contribution >= 0.6 is 0 Å². The molecule has 1 aromatic carbocycles. The number of benzene rings is 1. The molecule has 21 heavy (non-hydrogen) atoms. The Bertz CT molecular complexity index is 467. The number of nitrogens with one attached hydrogen (secondary N) is 1. The summed E-state index contributed by atoms with van der Waals surface area (Å²) < 4.78 is 0. The number of carbonyl (C=O) groups excluding carboxylic acids is 1. The summed E-state index contributed by atoms with van der Waals surface area (Å²) in [6.45, 7) is 11.8. The lowest BCUT2D eigenvalue weighted by Crippen LogP contribution is -2.49. The third-order valence-electron chi connectivity index (χ3n) is 4.35. The highest BCUT2D eigenvalue weighted by atomic mass is 16.2.